The quantitative estimate of drug-likeness (QED) is 0.377. The van der Waals surface area contributed by atoms with Crippen LogP contribution >= 0.6 is 23.4 Å². The van der Waals surface area contributed by atoms with Gasteiger partial charge in [0.1, 0.15) is 5.03 Å². The fourth-order valence-electron chi connectivity index (χ4n) is 2.89. The maximum absolute atomic E-state index is 12.9. The first kappa shape index (κ1) is 20.3. The summed E-state index contributed by atoms with van der Waals surface area (Å²) in [5, 5.41) is 9.67. The van der Waals surface area contributed by atoms with Gasteiger partial charge < -0.3 is 4.57 Å². The second kappa shape index (κ2) is 8.01. The summed E-state index contributed by atoms with van der Waals surface area (Å²) in [6, 6.07) is 17.6. The Morgan fingerprint density at radius 3 is 2.50 bits per heavy atom. The zero-order chi connectivity index (χ0) is 21.3. The lowest BCUT2D eigenvalue weighted by atomic mass is 10.1. The van der Waals surface area contributed by atoms with E-state index in [-0.39, 0.29) is 10.0 Å². The van der Waals surface area contributed by atoms with E-state index in [1.165, 1.54) is 0 Å². The number of alkyl halides is 3. The van der Waals surface area contributed by atoms with Gasteiger partial charge in [0.2, 0.25) is 0 Å². The summed E-state index contributed by atoms with van der Waals surface area (Å²) in [4.78, 5) is 8.51. The third-order valence-corrected chi connectivity index (χ3v) is 5.78. The van der Waals surface area contributed by atoms with Crippen molar-refractivity contribution >= 4 is 34.4 Å². The minimum atomic E-state index is -4.51. The molecule has 0 N–H and O–H groups in total. The van der Waals surface area contributed by atoms with Crippen LogP contribution in [0.3, 0.4) is 0 Å². The van der Waals surface area contributed by atoms with Gasteiger partial charge in [-0.05, 0) is 47.7 Å². The number of fused-ring (bicyclic) bond motifs is 1. The van der Waals surface area contributed by atoms with Gasteiger partial charge in [-0.3, -0.25) is 0 Å². The molecular formula is C21H12ClF3N4S. The molecule has 0 bridgehead atoms. The highest BCUT2D eigenvalue weighted by molar-refractivity contribution is 7.99. The van der Waals surface area contributed by atoms with Gasteiger partial charge in [0, 0.05) is 6.20 Å². The third-order valence-electron chi connectivity index (χ3n) is 4.37. The summed E-state index contributed by atoms with van der Waals surface area (Å²) in [6.07, 6.45) is -3.75. The average Bonchev–Trinajstić information content (AvgIpc) is 3.06. The van der Waals surface area contributed by atoms with Crippen molar-refractivity contribution in [1.29, 1.82) is 5.26 Å². The number of rotatable bonds is 4. The normalized spacial score (nSPS) is 11.6. The van der Waals surface area contributed by atoms with Gasteiger partial charge in [-0.1, -0.05) is 35.9 Å². The molecule has 9 heteroatoms. The summed E-state index contributed by atoms with van der Waals surface area (Å²) >= 11 is 7.18. The Balaban J connectivity index is 1.72. The van der Waals surface area contributed by atoms with Crippen molar-refractivity contribution in [3.8, 4) is 6.07 Å². The topological polar surface area (TPSA) is 54.5 Å². The molecule has 2 heterocycles. The molecule has 0 amide bonds. The minimum Gasteiger partial charge on any atom is -0.314 e. The Kier molecular flexibility index (Phi) is 5.41. The Hall–Kier alpha value is -3.02. The first-order valence-corrected chi connectivity index (χ1v) is 9.89. The molecule has 0 aliphatic rings. The van der Waals surface area contributed by atoms with E-state index in [2.05, 4.69) is 16.0 Å². The predicted molar refractivity (Wildman–Crippen MR) is 108 cm³/mol. The van der Waals surface area contributed by atoms with Crippen LogP contribution in [0.5, 0.6) is 0 Å². The molecule has 2 aromatic heterocycles. The summed E-state index contributed by atoms with van der Waals surface area (Å²) in [7, 11) is 0. The van der Waals surface area contributed by atoms with Crippen LogP contribution in [0.25, 0.3) is 11.0 Å². The van der Waals surface area contributed by atoms with Gasteiger partial charge in [0.25, 0.3) is 0 Å². The average molecular weight is 445 g/mol. The van der Waals surface area contributed by atoms with Gasteiger partial charge in [-0.2, -0.15) is 18.4 Å². The van der Waals surface area contributed by atoms with Crippen molar-refractivity contribution in [2.45, 2.75) is 22.9 Å². The summed E-state index contributed by atoms with van der Waals surface area (Å²) in [5.74, 6) is 0. The van der Waals surface area contributed by atoms with E-state index in [4.69, 9.17) is 16.9 Å². The fourth-order valence-corrected chi connectivity index (χ4v) is 4.03. The van der Waals surface area contributed by atoms with Crippen molar-refractivity contribution in [3.63, 3.8) is 0 Å². The van der Waals surface area contributed by atoms with E-state index in [0.29, 0.717) is 17.3 Å². The van der Waals surface area contributed by atoms with Crippen molar-refractivity contribution in [2.75, 3.05) is 0 Å². The molecule has 0 aliphatic carbocycles. The van der Waals surface area contributed by atoms with Crippen LogP contribution in [0, 0.1) is 11.3 Å². The molecule has 30 heavy (non-hydrogen) atoms. The number of aromatic nitrogens is 3. The number of halogens is 4. The Morgan fingerprint density at radius 1 is 1.10 bits per heavy atom. The van der Waals surface area contributed by atoms with Crippen LogP contribution in [0.2, 0.25) is 5.02 Å². The summed E-state index contributed by atoms with van der Waals surface area (Å²) in [5.41, 5.74) is 2.22. The van der Waals surface area contributed by atoms with Gasteiger partial charge in [0.05, 0.1) is 39.8 Å². The Labute approximate surface area is 178 Å². The number of nitriles is 1. The maximum Gasteiger partial charge on any atom is 0.417 e. The molecule has 0 saturated carbocycles. The number of benzene rings is 2. The van der Waals surface area contributed by atoms with E-state index < -0.39 is 11.7 Å². The first-order chi connectivity index (χ1) is 14.3. The van der Waals surface area contributed by atoms with Crippen molar-refractivity contribution in [2.24, 2.45) is 0 Å². The van der Waals surface area contributed by atoms with Crippen LogP contribution in [-0.4, -0.2) is 14.5 Å². The highest BCUT2D eigenvalue weighted by Crippen LogP contribution is 2.37. The summed E-state index contributed by atoms with van der Waals surface area (Å²) in [6.45, 7) is 0.465. The molecule has 2 aromatic carbocycles. The standard InChI is InChI=1S/C21H12ClF3N4S/c22-16-9-15(21(23,24)25)11-27-19(16)30-20-28-17-3-1-2-4-18(17)29(20)12-14-7-5-13(10-26)6-8-14/h1-9,11H,12H2. The SMILES string of the molecule is N#Cc1ccc(Cn2c(Sc3ncc(C(F)(F)F)cc3Cl)nc3ccccc32)cc1. The molecule has 0 atom stereocenters. The van der Waals surface area contributed by atoms with Crippen LogP contribution < -0.4 is 0 Å². The Morgan fingerprint density at radius 2 is 1.83 bits per heavy atom. The molecule has 0 saturated heterocycles. The maximum atomic E-state index is 12.9. The number of pyridine rings is 1. The lowest BCUT2D eigenvalue weighted by Crippen LogP contribution is -2.06. The van der Waals surface area contributed by atoms with E-state index in [0.717, 1.165) is 40.6 Å². The van der Waals surface area contributed by atoms with Crippen molar-refractivity contribution in [1.82, 2.24) is 14.5 Å². The van der Waals surface area contributed by atoms with Gasteiger partial charge >= 0.3 is 6.18 Å². The monoisotopic (exact) mass is 444 g/mol. The molecule has 0 aliphatic heterocycles. The zero-order valence-corrected chi connectivity index (χ0v) is 16.8. The molecule has 4 rings (SSSR count). The summed E-state index contributed by atoms with van der Waals surface area (Å²) < 4.78 is 40.6. The first-order valence-electron chi connectivity index (χ1n) is 8.70. The van der Waals surface area contributed by atoms with E-state index >= 15 is 0 Å². The van der Waals surface area contributed by atoms with Gasteiger partial charge in [0.15, 0.2) is 5.16 Å². The lowest BCUT2D eigenvalue weighted by molar-refractivity contribution is -0.137. The minimum absolute atomic E-state index is 0.0909. The molecule has 0 fully saturated rings. The lowest BCUT2D eigenvalue weighted by Gasteiger charge is -2.11. The molecule has 0 radical (unpaired) electrons. The molecule has 150 valence electrons. The second-order valence-electron chi connectivity index (χ2n) is 6.39. The molecule has 4 nitrogen and oxygen atoms in total. The van der Waals surface area contributed by atoms with Crippen LogP contribution in [0.1, 0.15) is 16.7 Å². The van der Waals surface area contributed by atoms with E-state index in [9.17, 15) is 13.2 Å². The number of imidazole rings is 1. The van der Waals surface area contributed by atoms with Crippen molar-refractivity contribution < 1.29 is 13.2 Å². The van der Waals surface area contributed by atoms with Crippen LogP contribution in [0.4, 0.5) is 13.2 Å². The molecular weight excluding hydrogens is 433 g/mol. The molecule has 0 spiro atoms. The zero-order valence-electron chi connectivity index (χ0n) is 15.2. The molecule has 0 unspecified atom stereocenters. The highest BCUT2D eigenvalue weighted by Gasteiger charge is 2.31. The Bertz CT molecular complexity index is 1260. The highest BCUT2D eigenvalue weighted by atomic mass is 35.5. The fraction of sp³-hybridized carbons (Fsp3) is 0.0952. The third kappa shape index (κ3) is 4.13. The molecule has 4 aromatic rings. The van der Waals surface area contributed by atoms with E-state index in [1.807, 2.05) is 41.0 Å². The number of para-hydroxylation sites is 2. The number of nitrogens with zero attached hydrogens (tertiary/aromatic N) is 4. The van der Waals surface area contributed by atoms with Gasteiger partial charge in [-0.25, -0.2) is 9.97 Å². The van der Waals surface area contributed by atoms with Crippen LogP contribution in [-0.2, 0) is 12.7 Å². The predicted octanol–water partition coefficient (Wildman–Crippen LogP) is 6.17. The van der Waals surface area contributed by atoms with Crippen LogP contribution in [0.15, 0.2) is 71.0 Å². The number of hydrogen-bond acceptors (Lipinski definition) is 4. The van der Waals surface area contributed by atoms with E-state index in [1.54, 1.807) is 12.1 Å². The largest absolute Gasteiger partial charge is 0.417 e. The van der Waals surface area contributed by atoms with Crippen molar-refractivity contribution in [3.05, 3.63) is 82.5 Å². The van der Waals surface area contributed by atoms with Gasteiger partial charge in [-0.15, -0.1) is 0 Å². The smallest absolute Gasteiger partial charge is 0.314 e. The number of hydrogen-bond donors (Lipinski definition) is 0. The second-order valence-corrected chi connectivity index (χ2v) is 7.75.